The number of nitrogens with zero attached hydrogens (tertiary/aromatic N) is 1. The molecular formula is C19H17FN2O4. The first-order chi connectivity index (χ1) is 12.5. The molecule has 0 spiro atoms. The van der Waals surface area contributed by atoms with Crippen LogP contribution >= 0.6 is 0 Å². The van der Waals surface area contributed by atoms with Gasteiger partial charge in [-0.2, -0.15) is 0 Å². The average Bonchev–Trinajstić information content (AvgIpc) is 3.07. The van der Waals surface area contributed by atoms with Gasteiger partial charge >= 0.3 is 0 Å². The summed E-state index contributed by atoms with van der Waals surface area (Å²) < 4.78 is 24.1. The van der Waals surface area contributed by atoms with E-state index in [0.29, 0.717) is 29.3 Å². The second-order valence-corrected chi connectivity index (χ2v) is 6.42. The minimum atomic E-state index is -0.627. The molecule has 4 rings (SSSR count). The van der Waals surface area contributed by atoms with Crippen LogP contribution in [0.15, 0.2) is 36.4 Å². The molecule has 0 aliphatic carbocycles. The second-order valence-electron chi connectivity index (χ2n) is 6.42. The molecule has 0 saturated carbocycles. The van der Waals surface area contributed by atoms with Gasteiger partial charge in [0, 0.05) is 25.7 Å². The SMILES string of the molecule is CN(Cc1ccc2c(c1)OCO2)C(=O)[C@H]1CC(=O)Nc2cc(F)ccc21. The Kier molecular flexibility index (Phi) is 3.99. The van der Waals surface area contributed by atoms with E-state index in [0.717, 1.165) is 5.56 Å². The van der Waals surface area contributed by atoms with Crippen molar-refractivity contribution in [2.45, 2.75) is 18.9 Å². The van der Waals surface area contributed by atoms with E-state index in [-0.39, 0.29) is 25.0 Å². The zero-order valence-electron chi connectivity index (χ0n) is 14.1. The van der Waals surface area contributed by atoms with Crippen molar-refractivity contribution in [2.24, 2.45) is 0 Å². The van der Waals surface area contributed by atoms with Crippen molar-refractivity contribution in [3.05, 3.63) is 53.3 Å². The number of hydrogen-bond donors (Lipinski definition) is 1. The topological polar surface area (TPSA) is 67.9 Å². The number of amides is 2. The van der Waals surface area contributed by atoms with Crippen molar-refractivity contribution in [1.82, 2.24) is 4.90 Å². The number of halogens is 1. The lowest BCUT2D eigenvalue weighted by molar-refractivity contribution is -0.134. The number of carbonyl (C=O) groups excluding carboxylic acids is 2. The van der Waals surface area contributed by atoms with Crippen LogP contribution in [0.25, 0.3) is 0 Å². The normalized spacial score (nSPS) is 17.5. The number of nitrogens with one attached hydrogen (secondary N) is 1. The predicted octanol–water partition coefficient (Wildman–Crippen LogP) is 2.64. The summed E-state index contributed by atoms with van der Waals surface area (Å²) in [6, 6.07) is 9.61. The molecule has 2 heterocycles. The Morgan fingerprint density at radius 3 is 2.88 bits per heavy atom. The van der Waals surface area contributed by atoms with Crippen LogP contribution in [0.4, 0.5) is 10.1 Å². The maximum absolute atomic E-state index is 13.4. The van der Waals surface area contributed by atoms with Crippen LogP contribution < -0.4 is 14.8 Å². The van der Waals surface area contributed by atoms with Crippen molar-refractivity contribution < 1.29 is 23.5 Å². The van der Waals surface area contributed by atoms with Gasteiger partial charge < -0.3 is 19.7 Å². The fourth-order valence-corrected chi connectivity index (χ4v) is 3.31. The molecule has 2 aromatic rings. The third kappa shape index (κ3) is 2.96. The lowest BCUT2D eigenvalue weighted by atomic mass is 9.89. The molecule has 1 atom stereocenters. The number of benzene rings is 2. The standard InChI is InChI=1S/C19H17FN2O4/c1-22(9-11-2-5-16-17(6-11)26-10-25-16)19(24)14-8-18(23)21-15-7-12(20)3-4-13(14)15/h2-7,14H,8-10H2,1H3,(H,21,23)/t14-/m0/s1. The first kappa shape index (κ1) is 16.4. The molecule has 0 radical (unpaired) electrons. The molecule has 0 bridgehead atoms. The van der Waals surface area contributed by atoms with Crippen LogP contribution in [0, 0.1) is 5.82 Å². The molecule has 1 N–H and O–H groups in total. The van der Waals surface area contributed by atoms with E-state index >= 15 is 0 Å². The minimum absolute atomic E-state index is 0.0446. The zero-order valence-corrected chi connectivity index (χ0v) is 14.1. The number of anilines is 1. The molecule has 2 aliphatic rings. The Hall–Kier alpha value is -3.09. The summed E-state index contributed by atoms with van der Waals surface area (Å²) in [6.07, 6.45) is 0.0446. The van der Waals surface area contributed by atoms with E-state index in [1.807, 2.05) is 18.2 Å². The highest BCUT2D eigenvalue weighted by Gasteiger charge is 2.32. The molecule has 26 heavy (non-hydrogen) atoms. The van der Waals surface area contributed by atoms with Gasteiger partial charge in [-0.1, -0.05) is 12.1 Å². The molecule has 7 heteroatoms. The van der Waals surface area contributed by atoms with Crippen LogP contribution in [0.2, 0.25) is 0 Å². The number of likely N-dealkylation sites (N-methyl/N-ethyl adjacent to an activating group) is 1. The summed E-state index contributed by atoms with van der Waals surface area (Å²) in [6.45, 7) is 0.558. The Bertz CT molecular complexity index is 899. The van der Waals surface area contributed by atoms with Gasteiger partial charge in [0.05, 0.1) is 5.92 Å². The summed E-state index contributed by atoms with van der Waals surface area (Å²) in [5.41, 5.74) is 1.88. The zero-order chi connectivity index (χ0) is 18.3. The van der Waals surface area contributed by atoms with E-state index in [2.05, 4.69) is 5.32 Å². The number of rotatable bonds is 3. The molecule has 2 aliphatic heterocycles. The lowest BCUT2D eigenvalue weighted by Crippen LogP contribution is -2.36. The molecule has 0 unspecified atom stereocenters. The van der Waals surface area contributed by atoms with E-state index in [9.17, 15) is 14.0 Å². The van der Waals surface area contributed by atoms with Gasteiger partial charge in [0.2, 0.25) is 18.6 Å². The van der Waals surface area contributed by atoms with Crippen molar-refractivity contribution in [3.8, 4) is 11.5 Å². The van der Waals surface area contributed by atoms with Crippen molar-refractivity contribution >= 4 is 17.5 Å². The summed E-state index contributed by atoms with van der Waals surface area (Å²) in [5.74, 6) is -0.226. The smallest absolute Gasteiger partial charge is 0.231 e. The van der Waals surface area contributed by atoms with Crippen molar-refractivity contribution in [1.29, 1.82) is 0 Å². The molecule has 2 amide bonds. The van der Waals surface area contributed by atoms with Gasteiger partial charge in [0.15, 0.2) is 11.5 Å². The van der Waals surface area contributed by atoms with Crippen LogP contribution in [-0.4, -0.2) is 30.6 Å². The first-order valence-corrected chi connectivity index (χ1v) is 8.24. The van der Waals surface area contributed by atoms with E-state index < -0.39 is 11.7 Å². The molecule has 2 aromatic carbocycles. The highest BCUT2D eigenvalue weighted by atomic mass is 19.1. The lowest BCUT2D eigenvalue weighted by Gasteiger charge is -2.28. The van der Waals surface area contributed by atoms with Gasteiger partial charge in [-0.15, -0.1) is 0 Å². The Morgan fingerprint density at radius 2 is 2.04 bits per heavy atom. The third-order valence-corrected chi connectivity index (χ3v) is 4.59. The number of fused-ring (bicyclic) bond motifs is 2. The Morgan fingerprint density at radius 1 is 1.23 bits per heavy atom. The number of ether oxygens (including phenoxy) is 2. The summed E-state index contributed by atoms with van der Waals surface area (Å²) in [4.78, 5) is 26.4. The van der Waals surface area contributed by atoms with Crippen LogP contribution in [-0.2, 0) is 16.1 Å². The molecule has 0 aromatic heterocycles. The molecule has 6 nitrogen and oxygen atoms in total. The fraction of sp³-hybridized carbons (Fsp3) is 0.263. The first-order valence-electron chi connectivity index (χ1n) is 8.24. The van der Waals surface area contributed by atoms with Gasteiger partial charge in [-0.3, -0.25) is 9.59 Å². The van der Waals surface area contributed by atoms with Crippen molar-refractivity contribution in [3.63, 3.8) is 0 Å². The van der Waals surface area contributed by atoms with Gasteiger partial charge in [-0.25, -0.2) is 4.39 Å². The summed E-state index contributed by atoms with van der Waals surface area (Å²) >= 11 is 0. The maximum atomic E-state index is 13.4. The maximum Gasteiger partial charge on any atom is 0.231 e. The van der Waals surface area contributed by atoms with Crippen LogP contribution in [0.1, 0.15) is 23.5 Å². The summed E-state index contributed by atoms with van der Waals surface area (Å²) in [7, 11) is 1.68. The van der Waals surface area contributed by atoms with Gasteiger partial charge in [0.25, 0.3) is 0 Å². The average molecular weight is 356 g/mol. The molecule has 134 valence electrons. The molecule has 0 fully saturated rings. The van der Waals surface area contributed by atoms with Crippen LogP contribution in [0.3, 0.4) is 0 Å². The summed E-state index contributed by atoms with van der Waals surface area (Å²) in [5, 5.41) is 2.62. The second kappa shape index (κ2) is 6.33. The molecular weight excluding hydrogens is 339 g/mol. The van der Waals surface area contributed by atoms with Gasteiger partial charge in [0.1, 0.15) is 5.82 Å². The third-order valence-electron chi connectivity index (χ3n) is 4.59. The quantitative estimate of drug-likeness (QED) is 0.918. The predicted molar refractivity (Wildman–Crippen MR) is 91.4 cm³/mol. The van der Waals surface area contributed by atoms with Gasteiger partial charge in [-0.05, 0) is 35.4 Å². The van der Waals surface area contributed by atoms with E-state index in [1.165, 1.54) is 12.1 Å². The highest BCUT2D eigenvalue weighted by molar-refractivity contribution is 6.01. The monoisotopic (exact) mass is 356 g/mol. The van der Waals surface area contributed by atoms with E-state index in [4.69, 9.17) is 9.47 Å². The molecule has 0 saturated heterocycles. The van der Waals surface area contributed by atoms with Crippen LogP contribution in [0.5, 0.6) is 11.5 Å². The van der Waals surface area contributed by atoms with E-state index in [1.54, 1.807) is 18.0 Å². The highest BCUT2D eigenvalue weighted by Crippen LogP contribution is 2.35. The number of carbonyl (C=O) groups is 2. The fourth-order valence-electron chi connectivity index (χ4n) is 3.31. The number of hydrogen-bond acceptors (Lipinski definition) is 4. The minimum Gasteiger partial charge on any atom is -0.454 e. The van der Waals surface area contributed by atoms with Crippen molar-refractivity contribution in [2.75, 3.05) is 19.2 Å². The Labute approximate surface area is 149 Å². The Balaban J connectivity index is 1.55. The largest absolute Gasteiger partial charge is 0.454 e.